The first-order valence-electron chi connectivity index (χ1n) is 7.01. The van der Waals surface area contributed by atoms with E-state index in [1.54, 1.807) is 12.1 Å². The third-order valence-corrected chi connectivity index (χ3v) is 3.56. The number of para-hydroxylation sites is 1. The normalized spacial score (nSPS) is 11.9. The van der Waals surface area contributed by atoms with Crippen molar-refractivity contribution in [2.75, 3.05) is 18.0 Å². The second-order valence-corrected chi connectivity index (χ2v) is 4.91. The standard InChI is InChI=1S/C17H20FN3/c1-2-21(16-11-7-6-10-15(16)18)12-14(17(19)20)13-8-4-3-5-9-13/h3-11,14H,2,12H2,1H3,(H3,19,20). The molecule has 0 aliphatic heterocycles. The van der Waals surface area contributed by atoms with Crippen molar-refractivity contribution < 1.29 is 4.39 Å². The molecule has 0 amide bonds. The van der Waals surface area contributed by atoms with Crippen LogP contribution in [0.5, 0.6) is 0 Å². The third kappa shape index (κ3) is 3.60. The number of hydrogen-bond donors (Lipinski definition) is 2. The quantitative estimate of drug-likeness (QED) is 0.631. The van der Waals surface area contributed by atoms with Crippen molar-refractivity contribution in [1.29, 1.82) is 5.41 Å². The number of nitrogens with one attached hydrogen (secondary N) is 1. The van der Waals surface area contributed by atoms with E-state index in [0.29, 0.717) is 18.8 Å². The van der Waals surface area contributed by atoms with Crippen LogP contribution in [0.25, 0.3) is 0 Å². The number of halogens is 1. The summed E-state index contributed by atoms with van der Waals surface area (Å²) in [5.74, 6) is -0.406. The van der Waals surface area contributed by atoms with Crippen molar-refractivity contribution in [2.24, 2.45) is 5.73 Å². The van der Waals surface area contributed by atoms with Crippen LogP contribution in [-0.4, -0.2) is 18.9 Å². The zero-order valence-electron chi connectivity index (χ0n) is 12.1. The predicted octanol–water partition coefficient (Wildman–Crippen LogP) is 3.37. The molecule has 0 bridgehead atoms. The summed E-state index contributed by atoms with van der Waals surface area (Å²) in [7, 11) is 0. The van der Waals surface area contributed by atoms with E-state index in [0.717, 1.165) is 5.56 Å². The fourth-order valence-electron chi connectivity index (χ4n) is 2.40. The van der Waals surface area contributed by atoms with Gasteiger partial charge in [-0.3, -0.25) is 5.41 Å². The summed E-state index contributed by atoms with van der Waals surface area (Å²) in [6.07, 6.45) is 0. The topological polar surface area (TPSA) is 53.1 Å². The summed E-state index contributed by atoms with van der Waals surface area (Å²) in [4.78, 5) is 1.91. The Labute approximate surface area is 124 Å². The molecule has 0 aliphatic rings. The maximum absolute atomic E-state index is 14.0. The molecule has 3 nitrogen and oxygen atoms in total. The minimum absolute atomic E-state index is 0.0935. The molecule has 3 N–H and O–H groups in total. The fraction of sp³-hybridized carbons (Fsp3) is 0.235. The second-order valence-electron chi connectivity index (χ2n) is 4.91. The molecule has 0 radical (unpaired) electrons. The number of likely N-dealkylation sites (N-methyl/N-ethyl adjacent to an activating group) is 1. The van der Waals surface area contributed by atoms with Crippen molar-refractivity contribution in [3.63, 3.8) is 0 Å². The summed E-state index contributed by atoms with van der Waals surface area (Å²) in [5.41, 5.74) is 7.27. The molecular weight excluding hydrogens is 265 g/mol. The molecule has 0 saturated carbocycles. The predicted molar refractivity (Wildman–Crippen MR) is 85.4 cm³/mol. The van der Waals surface area contributed by atoms with Gasteiger partial charge in [-0.25, -0.2) is 4.39 Å². The lowest BCUT2D eigenvalue weighted by Gasteiger charge is -2.28. The van der Waals surface area contributed by atoms with Crippen LogP contribution >= 0.6 is 0 Å². The highest BCUT2D eigenvalue weighted by Gasteiger charge is 2.20. The lowest BCUT2D eigenvalue weighted by molar-refractivity contribution is 0.615. The molecule has 2 rings (SSSR count). The van der Waals surface area contributed by atoms with Crippen LogP contribution in [0.15, 0.2) is 54.6 Å². The monoisotopic (exact) mass is 285 g/mol. The lowest BCUT2D eigenvalue weighted by Crippen LogP contribution is -2.35. The average Bonchev–Trinajstić information content (AvgIpc) is 2.50. The number of rotatable bonds is 6. The largest absolute Gasteiger partial charge is 0.387 e. The SMILES string of the molecule is CCN(CC(C(=N)N)c1ccccc1)c1ccccc1F. The van der Waals surface area contributed by atoms with Crippen LogP contribution in [0.1, 0.15) is 18.4 Å². The van der Waals surface area contributed by atoms with Crippen LogP contribution in [0.3, 0.4) is 0 Å². The molecule has 2 aromatic carbocycles. The number of benzene rings is 2. The highest BCUT2D eigenvalue weighted by molar-refractivity contribution is 5.85. The Morgan fingerprint density at radius 2 is 1.76 bits per heavy atom. The van der Waals surface area contributed by atoms with Crippen LogP contribution in [0.4, 0.5) is 10.1 Å². The van der Waals surface area contributed by atoms with Gasteiger partial charge in [-0.05, 0) is 24.6 Å². The molecule has 2 aromatic rings. The molecule has 1 atom stereocenters. The number of nitrogens with zero attached hydrogens (tertiary/aromatic N) is 1. The number of amidine groups is 1. The summed E-state index contributed by atoms with van der Waals surface area (Å²) in [6.45, 7) is 3.10. The van der Waals surface area contributed by atoms with Crippen LogP contribution in [0, 0.1) is 11.2 Å². The molecule has 21 heavy (non-hydrogen) atoms. The van der Waals surface area contributed by atoms with Crippen LogP contribution in [-0.2, 0) is 0 Å². The van der Waals surface area contributed by atoms with Crippen molar-refractivity contribution in [3.05, 3.63) is 66.0 Å². The molecule has 0 aromatic heterocycles. The number of hydrogen-bond acceptors (Lipinski definition) is 2. The Morgan fingerprint density at radius 3 is 2.33 bits per heavy atom. The molecule has 0 heterocycles. The molecule has 0 saturated heterocycles. The zero-order valence-corrected chi connectivity index (χ0v) is 12.1. The summed E-state index contributed by atoms with van der Waals surface area (Å²) in [6, 6.07) is 16.3. The highest BCUT2D eigenvalue weighted by Crippen LogP contribution is 2.23. The van der Waals surface area contributed by atoms with Gasteiger partial charge >= 0.3 is 0 Å². The summed E-state index contributed by atoms with van der Waals surface area (Å²) < 4.78 is 14.0. The zero-order chi connectivity index (χ0) is 15.2. The fourth-order valence-corrected chi connectivity index (χ4v) is 2.40. The third-order valence-electron chi connectivity index (χ3n) is 3.56. The van der Waals surface area contributed by atoms with Gasteiger partial charge < -0.3 is 10.6 Å². The van der Waals surface area contributed by atoms with E-state index < -0.39 is 0 Å². The van der Waals surface area contributed by atoms with E-state index in [2.05, 4.69) is 0 Å². The maximum Gasteiger partial charge on any atom is 0.146 e. The van der Waals surface area contributed by atoms with Crippen molar-refractivity contribution in [2.45, 2.75) is 12.8 Å². The Hall–Kier alpha value is -2.36. The molecule has 4 heteroatoms. The van der Waals surface area contributed by atoms with Gasteiger partial charge in [-0.15, -0.1) is 0 Å². The molecule has 110 valence electrons. The van der Waals surface area contributed by atoms with Gasteiger partial charge in [0.25, 0.3) is 0 Å². The lowest BCUT2D eigenvalue weighted by atomic mass is 9.97. The minimum Gasteiger partial charge on any atom is -0.387 e. The van der Waals surface area contributed by atoms with Gasteiger partial charge in [0.15, 0.2) is 0 Å². The second kappa shape index (κ2) is 6.88. The van der Waals surface area contributed by atoms with Gasteiger partial charge in [0.05, 0.1) is 17.4 Å². The Morgan fingerprint density at radius 1 is 1.14 bits per heavy atom. The Kier molecular flexibility index (Phi) is 4.93. The average molecular weight is 285 g/mol. The Bertz CT molecular complexity index is 598. The minimum atomic E-state index is -0.255. The molecule has 1 unspecified atom stereocenters. The summed E-state index contributed by atoms with van der Waals surface area (Å²) >= 11 is 0. The van der Waals surface area contributed by atoms with E-state index in [-0.39, 0.29) is 17.6 Å². The first-order chi connectivity index (χ1) is 10.1. The Balaban J connectivity index is 2.27. The van der Waals surface area contributed by atoms with E-state index >= 15 is 0 Å². The van der Waals surface area contributed by atoms with Crippen molar-refractivity contribution in [3.8, 4) is 0 Å². The molecular formula is C17H20FN3. The van der Waals surface area contributed by atoms with E-state index in [1.807, 2.05) is 48.2 Å². The molecule has 0 fully saturated rings. The molecule has 0 aliphatic carbocycles. The van der Waals surface area contributed by atoms with Gasteiger partial charge in [-0.2, -0.15) is 0 Å². The van der Waals surface area contributed by atoms with E-state index in [1.165, 1.54) is 6.07 Å². The number of nitrogens with two attached hydrogens (primary N) is 1. The van der Waals surface area contributed by atoms with Gasteiger partial charge in [-0.1, -0.05) is 42.5 Å². The molecule has 0 spiro atoms. The van der Waals surface area contributed by atoms with Gasteiger partial charge in [0.1, 0.15) is 5.82 Å². The van der Waals surface area contributed by atoms with Crippen LogP contribution in [0.2, 0.25) is 0 Å². The van der Waals surface area contributed by atoms with Crippen LogP contribution < -0.4 is 10.6 Å². The van der Waals surface area contributed by atoms with Crippen molar-refractivity contribution in [1.82, 2.24) is 0 Å². The highest BCUT2D eigenvalue weighted by atomic mass is 19.1. The van der Waals surface area contributed by atoms with Crippen molar-refractivity contribution >= 4 is 11.5 Å². The first-order valence-corrected chi connectivity index (χ1v) is 7.01. The van der Waals surface area contributed by atoms with E-state index in [4.69, 9.17) is 11.1 Å². The van der Waals surface area contributed by atoms with Gasteiger partial charge in [0, 0.05) is 13.1 Å². The maximum atomic E-state index is 14.0. The number of anilines is 1. The first kappa shape index (κ1) is 15.0. The van der Waals surface area contributed by atoms with E-state index in [9.17, 15) is 4.39 Å². The van der Waals surface area contributed by atoms with Gasteiger partial charge in [0.2, 0.25) is 0 Å². The smallest absolute Gasteiger partial charge is 0.146 e. The summed E-state index contributed by atoms with van der Waals surface area (Å²) in [5, 5.41) is 7.83.